The third-order valence-electron chi connectivity index (χ3n) is 2.46. The van der Waals surface area contributed by atoms with Gasteiger partial charge in [-0.05, 0) is 11.6 Å². The summed E-state index contributed by atoms with van der Waals surface area (Å²) < 4.78 is 0. The Morgan fingerprint density at radius 2 is 2.12 bits per heavy atom. The highest BCUT2D eigenvalue weighted by Gasteiger charge is 2.35. The number of thiol groups is 1. The summed E-state index contributed by atoms with van der Waals surface area (Å²) in [6, 6.07) is 9.75. The summed E-state index contributed by atoms with van der Waals surface area (Å²) in [5.41, 5.74) is 0.0870. The van der Waals surface area contributed by atoms with Gasteiger partial charge in [0.15, 0.2) is 0 Å². The number of carbonyl (C=O) groups is 1. The Hall–Kier alpha value is -1.55. The minimum Gasteiger partial charge on any atom is -0.360 e. The van der Waals surface area contributed by atoms with Crippen molar-refractivity contribution in [3.05, 3.63) is 48.2 Å². The van der Waals surface area contributed by atoms with Gasteiger partial charge in [0.1, 0.15) is 0 Å². The van der Waals surface area contributed by atoms with E-state index in [9.17, 15) is 4.79 Å². The van der Waals surface area contributed by atoms with Gasteiger partial charge in [-0.2, -0.15) is 0 Å². The van der Waals surface area contributed by atoms with E-state index in [1.165, 1.54) is 0 Å². The fourth-order valence-corrected chi connectivity index (χ4v) is 1.82. The molecule has 0 fully saturated rings. The third-order valence-corrected chi connectivity index (χ3v) is 2.83. The zero-order valence-electron chi connectivity index (χ0n) is 8.63. The van der Waals surface area contributed by atoms with E-state index in [1.807, 2.05) is 30.3 Å². The number of allylic oxidation sites excluding steroid dienone is 1. The number of nitrogens with zero attached hydrogens (tertiary/aromatic N) is 1. The van der Waals surface area contributed by atoms with Crippen molar-refractivity contribution in [3.8, 4) is 0 Å². The highest BCUT2D eigenvalue weighted by atomic mass is 32.1. The number of carbonyl (C=O) groups excluding carboxylic acids is 1. The zero-order valence-corrected chi connectivity index (χ0v) is 9.52. The summed E-state index contributed by atoms with van der Waals surface area (Å²) in [6.07, 6.45) is 5.58. The van der Waals surface area contributed by atoms with Crippen molar-refractivity contribution < 1.29 is 4.79 Å². The first-order valence-corrected chi connectivity index (χ1v) is 5.43. The van der Waals surface area contributed by atoms with Crippen LogP contribution in [0.3, 0.4) is 0 Å². The molecule has 0 bridgehead atoms. The second kappa shape index (κ2) is 4.53. The molecular weight excluding hydrogens is 220 g/mol. The maximum atomic E-state index is 11.6. The number of aliphatic imine (C=N–C) groups is 1. The largest absolute Gasteiger partial charge is 0.360 e. The van der Waals surface area contributed by atoms with E-state index < -0.39 is 5.66 Å². The highest BCUT2D eigenvalue weighted by molar-refractivity contribution is 7.96. The second-order valence-electron chi connectivity index (χ2n) is 3.61. The normalized spacial score (nSPS) is 22.8. The molecule has 1 N–H and O–H groups in total. The molecule has 1 aromatic rings. The average Bonchev–Trinajstić information content (AvgIpc) is 2.31. The number of benzene rings is 1. The molecule has 0 spiro atoms. The van der Waals surface area contributed by atoms with E-state index in [0.717, 1.165) is 5.56 Å². The van der Waals surface area contributed by atoms with Crippen molar-refractivity contribution in [1.29, 1.82) is 0 Å². The smallest absolute Gasteiger partial charge is 0.234 e. The SMILES string of the molecule is O=C(S)C1(Cc2ccccc2)N=CC=CN1. The minimum absolute atomic E-state index is 0.281. The third kappa shape index (κ3) is 2.17. The van der Waals surface area contributed by atoms with Gasteiger partial charge in [0.05, 0.1) is 0 Å². The van der Waals surface area contributed by atoms with Gasteiger partial charge in [-0.3, -0.25) is 9.79 Å². The molecule has 1 aliphatic rings. The lowest BCUT2D eigenvalue weighted by Crippen LogP contribution is -2.49. The summed E-state index contributed by atoms with van der Waals surface area (Å²) in [6.45, 7) is 0. The van der Waals surface area contributed by atoms with Gasteiger partial charge in [0.25, 0.3) is 0 Å². The molecule has 0 radical (unpaired) electrons. The van der Waals surface area contributed by atoms with Crippen LogP contribution in [0.15, 0.2) is 47.6 Å². The van der Waals surface area contributed by atoms with Crippen molar-refractivity contribution in [2.45, 2.75) is 12.1 Å². The van der Waals surface area contributed by atoms with E-state index in [2.05, 4.69) is 22.9 Å². The molecule has 0 amide bonds. The lowest BCUT2D eigenvalue weighted by molar-refractivity contribution is -0.116. The Kier molecular flexibility index (Phi) is 3.10. The van der Waals surface area contributed by atoms with Crippen molar-refractivity contribution in [1.82, 2.24) is 5.32 Å². The van der Waals surface area contributed by atoms with E-state index in [1.54, 1.807) is 18.5 Å². The standard InChI is InChI=1S/C12H12N2OS/c15-11(16)12(13-7-4-8-14-12)9-10-5-2-1-3-6-10/h1-8,13H,9H2,(H,15,16). The van der Waals surface area contributed by atoms with Crippen molar-refractivity contribution >= 4 is 24.0 Å². The lowest BCUT2D eigenvalue weighted by Gasteiger charge is -2.28. The molecule has 16 heavy (non-hydrogen) atoms. The topological polar surface area (TPSA) is 41.5 Å². The van der Waals surface area contributed by atoms with Crippen LogP contribution in [-0.4, -0.2) is 17.0 Å². The van der Waals surface area contributed by atoms with Crippen LogP contribution in [0.5, 0.6) is 0 Å². The Morgan fingerprint density at radius 1 is 1.38 bits per heavy atom. The Balaban J connectivity index is 2.25. The van der Waals surface area contributed by atoms with Crippen molar-refractivity contribution in [2.24, 2.45) is 4.99 Å². The predicted molar refractivity (Wildman–Crippen MR) is 67.6 cm³/mol. The molecule has 1 atom stereocenters. The molecule has 1 aliphatic heterocycles. The molecule has 82 valence electrons. The van der Waals surface area contributed by atoms with E-state index >= 15 is 0 Å². The lowest BCUT2D eigenvalue weighted by atomic mass is 10.0. The molecule has 1 aromatic carbocycles. The van der Waals surface area contributed by atoms with E-state index in [0.29, 0.717) is 6.42 Å². The molecule has 1 unspecified atom stereocenters. The van der Waals surface area contributed by atoms with E-state index in [-0.39, 0.29) is 5.12 Å². The molecular formula is C12H12N2OS. The van der Waals surface area contributed by atoms with Gasteiger partial charge < -0.3 is 5.32 Å². The summed E-state index contributed by atoms with van der Waals surface area (Å²) in [5, 5.41) is 2.70. The quantitative estimate of drug-likeness (QED) is 0.777. The first-order chi connectivity index (χ1) is 7.73. The zero-order chi connectivity index (χ0) is 11.4. The van der Waals surface area contributed by atoms with Gasteiger partial charge in [-0.25, -0.2) is 0 Å². The maximum absolute atomic E-state index is 11.6. The molecule has 0 aromatic heterocycles. The molecule has 2 rings (SSSR count). The Bertz CT molecular complexity index is 442. The van der Waals surface area contributed by atoms with Crippen LogP contribution in [-0.2, 0) is 11.2 Å². The van der Waals surface area contributed by atoms with Crippen LogP contribution in [0, 0.1) is 0 Å². The van der Waals surface area contributed by atoms with Gasteiger partial charge in [-0.15, -0.1) is 12.6 Å². The monoisotopic (exact) mass is 232 g/mol. The first-order valence-electron chi connectivity index (χ1n) is 4.98. The molecule has 1 heterocycles. The maximum Gasteiger partial charge on any atom is 0.234 e. The number of rotatable bonds is 3. The van der Waals surface area contributed by atoms with Gasteiger partial charge >= 0.3 is 0 Å². The van der Waals surface area contributed by atoms with Gasteiger partial charge in [0, 0.05) is 18.8 Å². The van der Waals surface area contributed by atoms with Crippen LogP contribution >= 0.6 is 12.6 Å². The van der Waals surface area contributed by atoms with Gasteiger partial charge in [-0.1, -0.05) is 30.3 Å². The Morgan fingerprint density at radius 3 is 2.69 bits per heavy atom. The predicted octanol–water partition coefficient (Wildman–Crippen LogP) is 1.57. The highest BCUT2D eigenvalue weighted by Crippen LogP contribution is 2.19. The van der Waals surface area contributed by atoms with Crippen molar-refractivity contribution in [2.75, 3.05) is 0 Å². The van der Waals surface area contributed by atoms with E-state index in [4.69, 9.17) is 0 Å². The number of hydrogen-bond donors (Lipinski definition) is 2. The van der Waals surface area contributed by atoms with Crippen LogP contribution < -0.4 is 5.32 Å². The summed E-state index contributed by atoms with van der Waals surface area (Å²) in [5.74, 6) is 0. The average molecular weight is 232 g/mol. The fraction of sp³-hybridized carbons (Fsp3) is 0.167. The molecule has 0 saturated carbocycles. The summed E-state index contributed by atoms with van der Waals surface area (Å²) in [4.78, 5) is 15.8. The second-order valence-corrected chi connectivity index (χ2v) is 4.02. The van der Waals surface area contributed by atoms with Gasteiger partial charge in [0.2, 0.25) is 10.8 Å². The fourth-order valence-electron chi connectivity index (χ4n) is 1.62. The minimum atomic E-state index is -0.959. The van der Waals surface area contributed by atoms with Crippen LogP contribution in [0.4, 0.5) is 0 Å². The summed E-state index contributed by atoms with van der Waals surface area (Å²) in [7, 11) is 0. The van der Waals surface area contributed by atoms with Crippen molar-refractivity contribution in [3.63, 3.8) is 0 Å². The molecule has 4 heteroatoms. The summed E-state index contributed by atoms with van der Waals surface area (Å²) >= 11 is 3.91. The molecule has 0 saturated heterocycles. The van der Waals surface area contributed by atoms with Crippen LogP contribution in [0.1, 0.15) is 5.56 Å². The number of hydrogen-bond acceptors (Lipinski definition) is 3. The molecule has 0 aliphatic carbocycles. The first kappa shape index (κ1) is 11.0. The molecule has 3 nitrogen and oxygen atoms in total. The Labute approximate surface area is 99.7 Å². The number of nitrogens with one attached hydrogen (secondary N) is 1. The van der Waals surface area contributed by atoms with Crippen LogP contribution in [0.2, 0.25) is 0 Å². The van der Waals surface area contributed by atoms with Crippen LogP contribution in [0.25, 0.3) is 0 Å².